The van der Waals surface area contributed by atoms with E-state index >= 15 is 0 Å². The lowest BCUT2D eigenvalue weighted by atomic mass is 10.1. The molecule has 9 nitrogen and oxygen atoms in total. The minimum absolute atomic E-state index is 0.242. The molecule has 9 heteroatoms. The van der Waals surface area contributed by atoms with Gasteiger partial charge in [0.1, 0.15) is 0 Å². The molecule has 0 radical (unpaired) electrons. The number of nitrogens with two attached hydrogens (primary N) is 1. The van der Waals surface area contributed by atoms with Crippen LogP contribution in [0.5, 0.6) is 0 Å². The number of hydrazine groups is 1. The Hall–Kier alpha value is -1.71. The van der Waals surface area contributed by atoms with E-state index in [1.54, 1.807) is 6.92 Å². The van der Waals surface area contributed by atoms with Crippen LogP contribution in [0.3, 0.4) is 0 Å². The van der Waals surface area contributed by atoms with Gasteiger partial charge in [-0.05, 0) is 26.2 Å². The van der Waals surface area contributed by atoms with E-state index in [0.29, 0.717) is 5.95 Å². The molecule has 0 aromatic carbocycles. The molecule has 1 aromatic rings. The summed E-state index contributed by atoms with van der Waals surface area (Å²) in [5.74, 6) is 6.45. The summed E-state index contributed by atoms with van der Waals surface area (Å²) in [5, 5.41) is 21.6. The fourth-order valence-electron chi connectivity index (χ4n) is 2.12. The molecule has 21 heavy (non-hydrogen) atoms. The molecule has 0 aliphatic carbocycles. The smallest absolute Gasteiger partial charge is 0.243 e. The van der Waals surface area contributed by atoms with Gasteiger partial charge in [-0.25, -0.2) is 5.84 Å². The topological polar surface area (TPSA) is 132 Å². The Bertz CT molecular complexity index is 461. The van der Waals surface area contributed by atoms with Crippen LogP contribution in [-0.2, 0) is 0 Å². The third kappa shape index (κ3) is 3.90. The third-order valence-corrected chi connectivity index (χ3v) is 3.50. The van der Waals surface area contributed by atoms with Crippen LogP contribution in [-0.4, -0.2) is 57.0 Å². The van der Waals surface area contributed by atoms with Gasteiger partial charge in [-0.3, -0.25) is 5.43 Å². The largest absolute Gasteiger partial charge is 0.394 e. The first-order chi connectivity index (χ1) is 10.1. The normalized spacial score (nSPS) is 15.9. The molecule has 2 rings (SSSR count). The van der Waals surface area contributed by atoms with Crippen LogP contribution in [0.1, 0.15) is 26.2 Å². The van der Waals surface area contributed by atoms with Crippen LogP contribution in [0.2, 0.25) is 0 Å². The van der Waals surface area contributed by atoms with Crippen molar-refractivity contribution in [3.8, 4) is 0 Å². The molecule has 118 valence electrons. The predicted octanol–water partition coefficient (Wildman–Crippen LogP) is -0.697. The van der Waals surface area contributed by atoms with E-state index in [1.165, 1.54) is 6.42 Å². The SMILES string of the molecule is CC(CO)(CO)Nc1nc(NN)nc(N2CCCCC2)n1. The second kappa shape index (κ2) is 6.83. The van der Waals surface area contributed by atoms with E-state index in [-0.39, 0.29) is 25.1 Å². The number of piperidine rings is 1. The van der Waals surface area contributed by atoms with Crippen LogP contribution in [0.25, 0.3) is 0 Å². The lowest BCUT2D eigenvalue weighted by Crippen LogP contribution is -2.43. The molecule has 0 atom stereocenters. The molecule has 1 aliphatic rings. The van der Waals surface area contributed by atoms with Crippen LogP contribution < -0.4 is 21.5 Å². The van der Waals surface area contributed by atoms with Gasteiger partial charge >= 0.3 is 0 Å². The van der Waals surface area contributed by atoms with Gasteiger partial charge in [0.15, 0.2) is 0 Å². The second-order valence-corrected chi connectivity index (χ2v) is 5.48. The molecule has 0 unspecified atom stereocenters. The summed E-state index contributed by atoms with van der Waals surface area (Å²) < 4.78 is 0. The number of nitrogens with one attached hydrogen (secondary N) is 2. The minimum Gasteiger partial charge on any atom is -0.394 e. The van der Waals surface area contributed by atoms with Crippen molar-refractivity contribution >= 4 is 17.8 Å². The summed E-state index contributed by atoms with van der Waals surface area (Å²) in [6, 6.07) is 0. The first kappa shape index (κ1) is 15.7. The van der Waals surface area contributed by atoms with E-state index in [0.717, 1.165) is 25.9 Å². The van der Waals surface area contributed by atoms with Gasteiger partial charge in [-0.15, -0.1) is 0 Å². The van der Waals surface area contributed by atoms with Crippen molar-refractivity contribution in [2.75, 3.05) is 41.9 Å². The number of anilines is 3. The molecular weight excluding hydrogens is 274 g/mol. The Kier molecular flexibility index (Phi) is 5.10. The summed E-state index contributed by atoms with van der Waals surface area (Å²) in [7, 11) is 0. The molecule has 0 bridgehead atoms. The number of nitrogen functional groups attached to an aromatic ring is 1. The van der Waals surface area contributed by atoms with Crippen molar-refractivity contribution < 1.29 is 10.2 Å². The average molecular weight is 297 g/mol. The van der Waals surface area contributed by atoms with E-state index in [4.69, 9.17) is 5.84 Å². The number of aromatic nitrogens is 3. The van der Waals surface area contributed by atoms with E-state index in [1.807, 2.05) is 0 Å². The number of hydrogen-bond acceptors (Lipinski definition) is 9. The predicted molar refractivity (Wildman–Crippen MR) is 79.9 cm³/mol. The van der Waals surface area contributed by atoms with Crippen molar-refractivity contribution in [2.45, 2.75) is 31.7 Å². The summed E-state index contributed by atoms with van der Waals surface area (Å²) in [6.07, 6.45) is 3.41. The summed E-state index contributed by atoms with van der Waals surface area (Å²) in [4.78, 5) is 14.8. The molecule has 2 heterocycles. The number of nitrogens with zero attached hydrogens (tertiary/aromatic N) is 4. The van der Waals surface area contributed by atoms with Crippen molar-refractivity contribution in [3.05, 3.63) is 0 Å². The number of rotatable bonds is 6. The van der Waals surface area contributed by atoms with Crippen LogP contribution >= 0.6 is 0 Å². The van der Waals surface area contributed by atoms with Crippen molar-refractivity contribution in [1.82, 2.24) is 15.0 Å². The zero-order valence-corrected chi connectivity index (χ0v) is 12.2. The summed E-state index contributed by atoms with van der Waals surface area (Å²) >= 11 is 0. The van der Waals surface area contributed by atoms with Gasteiger partial charge < -0.3 is 20.4 Å². The highest BCUT2D eigenvalue weighted by Gasteiger charge is 2.24. The minimum atomic E-state index is -0.910. The van der Waals surface area contributed by atoms with Gasteiger partial charge in [0, 0.05) is 13.1 Å². The number of aliphatic hydroxyl groups excluding tert-OH is 2. The molecule has 0 saturated carbocycles. The monoisotopic (exact) mass is 297 g/mol. The third-order valence-electron chi connectivity index (χ3n) is 3.50. The van der Waals surface area contributed by atoms with Crippen LogP contribution in [0.15, 0.2) is 0 Å². The highest BCUT2D eigenvalue weighted by Crippen LogP contribution is 2.19. The van der Waals surface area contributed by atoms with Crippen molar-refractivity contribution in [1.29, 1.82) is 0 Å². The maximum absolute atomic E-state index is 9.35. The van der Waals surface area contributed by atoms with Gasteiger partial charge in [-0.2, -0.15) is 15.0 Å². The van der Waals surface area contributed by atoms with Gasteiger partial charge in [0.05, 0.1) is 18.8 Å². The number of aliphatic hydroxyl groups is 2. The highest BCUT2D eigenvalue weighted by atomic mass is 16.3. The lowest BCUT2D eigenvalue weighted by Gasteiger charge is -2.29. The zero-order chi connectivity index (χ0) is 15.3. The van der Waals surface area contributed by atoms with Gasteiger partial charge in [-0.1, -0.05) is 0 Å². The second-order valence-electron chi connectivity index (χ2n) is 5.48. The van der Waals surface area contributed by atoms with Crippen LogP contribution in [0, 0.1) is 0 Å². The Morgan fingerprint density at radius 3 is 2.29 bits per heavy atom. The fourth-order valence-corrected chi connectivity index (χ4v) is 2.12. The number of hydrogen-bond donors (Lipinski definition) is 5. The van der Waals surface area contributed by atoms with Gasteiger partial charge in [0.2, 0.25) is 17.8 Å². The highest BCUT2D eigenvalue weighted by molar-refractivity contribution is 5.44. The van der Waals surface area contributed by atoms with Gasteiger partial charge in [0.25, 0.3) is 0 Å². The molecule has 1 aromatic heterocycles. The Morgan fingerprint density at radius 2 is 1.71 bits per heavy atom. The Balaban J connectivity index is 2.24. The summed E-state index contributed by atoms with van der Waals surface area (Å²) in [5.41, 5.74) is 1.50. The Labute approximate surface area is 123 Å². The Morgan fingerprint density at radius 1 is 1.10 bits per heavy atom. The van der Waals surface area contributed by atoms with Crippen molar-refractivity contribution in [3.63, 3.8) is 0 Å². The van der Waals surface area contributed by atoms with Crippen molar-refractivity contribution in [2.24, 2.45) is 5.84 Å². The lowest BCUT2D eigenvalue weighted by molar-refractivity contribution is 0.147. The zero-order valence-electron chi connectivity index (χ0n) is 12.2. The van der Waals surface area contributed by atoms with E-state index in [9.17, 15) is 10.2 Å². The fraction of sp³-hybridized carbons (Fsp3) is 0.750. The maximum Gasteiger partial charge on any atom is 0.243 e. The molecule has 1 aliphatic heterocycles. The molecular formula is C12H23N7O2. The molecule has 1 fully saturated rings. The van der Waals surface area contributed by atoms with Crippen LogP contribution in [0.4, 0.5) is 17.8 Å². The maximum atomic E-state index is 9.35. The van der Waals surface area contributed by atoms with E-state index < -0.39 is 5.54 Å². The molecule has 6 N–H and O–H groups in total. The molecule has 1 saturated heterocycles. The first-order valence-electron chi connectivity index (χ1n) is 7.08. The quantitative estimate of drug-likeness (QED) is 0.341. The summed E-state index contributed by atoms with van der Waals surface area (Å²) in [6.45, 7) is 2.96. The average Bonchev–Trinajstić information content (AvgIpc) is 2.55. The van der Waals surface area contributed by atoms with E-state index in [2.05, 4.69) is 30.6 Å². The molecule has 0 spiro atoms. The standard InChI is InChI=1S/C12H23N7O2/c1-12(7-20,8-21)17-9-14-10(18-13)16-11(15-9)19-5-3-2-4-6-19/h20-21H,2-8,13H2,1H3,(H2,14,15,16,17,18). The molecule has 0 amide bonds. The first-order valence-corrected chi connectivity index (χ1v) is 7.08.